The molecule has 0 saturated heterocycles. The van der Waals surface area contributed by atoms with Crippen LogP contribution in [0.5, 0.6) is 0 Å². The van der Waals surface area contributed by atoms with E-state index in [4.69, 9.17) is 40.3 Å². The molecule has 36 heteroatoms. The molecule has 0 spiro atoms. The van der Waals surface area contributed by atoms with Crippen LogP contribution in [-0.4, -0.2) is 216 Å². The molecule has 11 N–H and O–H groups in total. The van der Waals surface area contributed by atoms with Crippen LogP contribution in [0.25, 0.3) is 33.4 Å². The van der Waals surface area contributed by atoms with E-state index in [0.717, 1.165) is 88.3 Å². The summed E-state index contributed by atoms with van der Waals surface area (Å²) in [6.07, 6.45) is -3.65. The highest BCUT2D eigenvalue weighted by atomic mass is 33.1. The topological polar surface area (TPSA) is 490 Å². The van der Waals surface area contributed by atoms with Gasteiger partial charge in [-0.15, -0.1) is 0 Å². The second kappa shape index (κ2) is 55.7. The van der Waals surface area contributed by atoms with Crippen LogP contribution in [0.3, 0.4) is 0 Å². The number of hydrogen-bond donors (Lipinski definition) is 9. The quantitative estimate of drug-likeness (QED) is 0.00741. The molecular formula is C96H120N8O24S4. The highest BCUT2D eigenvalue weighted by Crippen LogP contribution is 2.47. The number of alkyl carbamates (subject to hydrolysis) is 3. The van der Waals surface area contributed by atoms with Gasteiger partial charge in [-0.3, -0.25) is 52.7 Å². The fraction of sp³-hybridized carbons (Fsp3) is 0.448. The van der Waals surface area contributed by atoms with Crippen molar-refractivity contribution in [2.45, 2.75) is 200 Å². The number of nitrogens with two attached hydrogens (primary N) is 2. The number of ether oxygens (including phenoxy) is 6. The van der Waals surface area contributed by atoms with Crippen LogP contribution in [-0.2, 0) is 95.5 Å². The molecule has 6 aromatic carbocycles. The fourth-order valence-corrected chi connectivity index (χ4v) is 19.1. The summed E-state index contributed by atoms with van der Waals surface area (Å²) in [5, 5.41) is 24.0. The van der Waals surface area contributed by atoms with Crippen LogP contribution in [0.4, 0.5) is 14.4 Å². The monoisotopic (exact) mass is 1900 g/mol. The Balaban J connectivity index is 0.000000416. The molecule has 3 aliphatic rings. The molecule has 0 aliphatic heterocycles. The second-order valence-electron chi connectivity index (χ2n) is 32.1. The van der Waals surface area contributed by atoms with Gasteiger partial charge in [0, 0.05) is 92.1 Å². The predicted octanol–water partition coefficient (Wildman–Crippen LogP) is 12.0. The first kappa shape index (κ1) is 109. The third-order valence-corrected chi connectivity index (χ3v) is 25.9. The van der Waals surface area contributed by atoms with Gasteiger partial charge < -0.3 is 86.5 Å². The highest BCUT2D eigenvalue weighted by molar-refractivity contribution is 8.77. The number of esters is 3. The third kappa shape index (κ3) is 35.9. The van der Waals surface area contributed by atoms with Crippen molar-refractivity contribution in [1.29, 1.82) is 0 Å². The van der Waals surface area contributed by atoms with E-state index in [9.17, 15) is 81.5 Å². The summed E-state index contributed by atoms with van der Waals surface area (Å²) in [4.78, 5) is 211. The zero-order valence-corrected chi connectivity index (χ0v) is 78.1. The van der Waals surface area contributed by atoms with Gasteiger partial charge in [-0.05, 0) is 148 Å². The number of ketones is 7. The van der Waals surface area contributed by atoms with Crippen molar-refractivity contribution < 1.29 is 115 Å². The molecule has 0 fully saturated rings. The van der Waals surface area contributed by atoms with Crippen molar-refractivity contribution in [1.82, 2.24) is 31.9 Å². The largest absolute Gasteiger partial charge is 0.481 e. The summed E-state index contributed by atoms with van der Waals surface area (Å²) in [6.45, 7) is 13.4. The molecule has 0 aromatic heterocycles. The lowest BCUT2D eigenvalue weighted by Gasteiger charge is -2.25. The number of aliphatic carboxylic acids is 1. The number of rotatable bonds is 50. The molecule has 0 saturated carbocycles. The van der Waals surface area contributed by atoms with E-state index >= 15 is 0 Å². The number of carboxylic acid groups (broad SMARTS) is 1. The van der Waals surface area contributed by atoms with Gasteiger partial charge >= 0.3 is 42.2 Å². The van der Waals surface area contributed by atoms with E-state index in [-0.39, 0.29) is 170 Å². The Kier molecular flexibility index (Phi) is 46.1. The molecule has 3 aliphatic carbocycles. The number of carbonyl (C=O) groups excluding carboxylic acids is 16. The van der Waals surface area contributed by atoms with Crippen LogP contribution in [0.15, 0.2) is 146 Å². The van der Waals surface area contributed by atoms with Crippen LogP contribution in [0.2, 0.25) is 0 Å². The molecule has 0 bridgehead atoms. The number of fused-ring (bicyclic) bond motifs is 9. The summed E-state index contributed by atoms with van der Waals surface area (Å²) >= 11 is 0. The maximum atomic E-state index is 13.6. The molecule has 32 nitrogen and oxygen atoms in total. The maximum absolute atomic E-state index is 13.6. The Bertz CT molecular complexity index is 4910. The maximum Gasteiger partial charge on any atom is 0.407 e. The SMILES string of the molecule is C.CC(=O)[C@H](CCC(=O)O)NC(=O)OCC1c2ccccc2-c2ccccc21.CCOC(=O)CNC(=O)[C@@H](N)CSSC[C@H](N)C(=O)CCC(C)=O.CCOC(=O)CNC(=O)[C@H](CSSC[C@H](NC(=O)CC[C@H](NC(=O)OCC1c2ccccc2-c2ccccc21)C(=O)OC(C)(C)C)C(=O)CCC(C)=O)CC(=O)CC[C@H](NC(=O)OCC1c2ccccc2-c2ccccc21)C(C)=O. The van der Waals surface area contributed by atoms with E-state index in [2.05, 4.69) is 36.6 Å². The van der Waals surface area contributed by atoms with Gasteiger partial charge in [0.05, 0.1) is 49.3 Å². The molecule has 0 unspecified atom stereocenters. The van der Waals surface area contributed by atoms with E-state index in [1.165, 1.54) is 49.3 Å². The van der Waals surface area contributed by atoms with Crippen LogP contribution >= 0.6 is 43.2 Å². The van der Waals surface area contributed by atoms with Crippen molar-refractivity contribution in [3.63, 3.8) is 0 Å². The van der Waals surface area contributed by atoms with Gasteiger partial charge in [-0.2, -0.15) is 0 Å². The lowest BCUT2D eigenvalue weighted by atomic mass is 9.98. The minimum Gasteiger partial charge on any atom is -0.481 e. The minimum absolute atomic E-state index is 0. The molecule has 7 atom stereocenters. The van der Waals surface area contributed by atoms with E-state index < -0.39 is 132 Å². The average molecular weight is 1900 g/mol. The third-order valence-electron chi connectivity index (χ3n) is 21.0. The first-order valence-electron chi connectivity index (χ1n) is 43.0. The smallest absolute Gasteiger partial charge is 0.407 e. The number of hydrogen-bond acceptors (Lipinski definition) is 29. The van der Waals surface area contributed by atoms with Crippen LogP contribution in [0.1, 0.15) is 192 Å². The molecule has 0 heterocycles. The Morgan fingerprint density at radius 1 is 0.394 bits per heavy atom. The lowest BCUT2D eigenvalue weighted by molar-refractivity contribution is -0.157. The summed E-state index contributed by atoms with van der Waals surface area (Å²) in [7, 11) is 4.90. The Morgan fingerprint density at radius 3 is 1.11 bits per heavy atom. The van der Waals surface area contributed by atoms with Gasteiger partial charge in [-0.1, -0.05) is 196 Å². The first-order chi connectivity index (χ1) is 62.5. The Labute approximate surface area is 784 Å². The van der Waals surface area contributed by atoms with E-state index in [0.29, 0.717) is 11.5 Å². The molecule has 9 rings (SSSR count). The van der Waals surface area contributed by atoms with E-state index in [1.54, 1.807) is 34.6 Å². The first-order valence-corrected chi connectivity index (χ1v) is 48.0. The molecule has 0 radical (unpaired) electrons. The number of nitrogens with one attached hydrogen (secondary N) is 6. The predicted molar refractivity (Wildman–Crippen MR) is 505 cm³/mol. The van der Waals surface area contributed by atoms with Crippen LogP contribution in [0, 0.1) is 5.92 Å². The van der Waals surface area contributed by atoms with Crippen molar-refractivity contribution in [3.8, 4) is 33.4 Å². The molecule has 6 amide bonds. The summed E-state index contributed by atoms with van der Waals surface area (Å²) in [6, 6.07) is 41.6. The summed E-state index contributed by atoms with van der Waals surface area (Å²) < 4.78 is 31.9. The minimum atomic E-state index is -1.31. The molecule has 132 heavy (non-hydrogen) atoms. The Hall–Kier alpha value is -11.6. The van der Waals surface area contributed by atoms with Crippen molar-refractivity contribution in [3.05, 3.63) is 179 Å². The van der Waals surface area contributed by atoms with Gasteiger partial charge in [0.2, 0.25) is 17.7 Å². The summed E-state index contributed by atoms with van der Waals surface area (Å²) in [5.41, 5.74) is 23.1. The fourth-order valence-electron chi connectivity index (χ4n) is 14.3. The van der Waals surface area contributed by atoms with Crippen LogP contribution < -0.4 is 43.4 Å². The Morgan fingerprint density at radius 2 is 0.735 bits per heavy atom. The lowest BCUT2D eigenvalue weighted by Crippen LogP contribution is -2.46. The van der Waals surface area contributed by atoms with Crippen molar-refractivity contribution in [2.24, 2.45) is 17.4 Å². The number of Topliss-reactive ketones (excluding diaryl/α,β-unsaturated/α-hetero) is 7. The standard InChI is InChI=1S/C60H70N4O14S2.C21H21NO5.C14H25N3O5S2.CH4/c1-7-75-55(70)31-61-56(71)38(30-39(67)25-26-50(37(3)66)63-58(73)76-32-48-44-20-12-8-16-40(44)41-17-9-13-21-45(41)48)34-79-80-35-52(53(68)28-24-36(2)65)62-54(69)29-27-51(57(72)78-60(4,5)6)64-59(74)77-33-49-46-22-14-10-18-42(46)43-19-11-15-23-47(43)49;1-13(23)19(10-11-20(24)25)22-21(26)27-12-18-16-8-4-2-6-14(16)15-7-3-5-9-17(15)18;1-3-22-13(20)6-17-14(21)11(16)8-24-23-7-10(15)12(19)5-4-9(2)18;/h8-23,38,48-52H,7,24-35H2,1-6H3,(H,61,71)(H,62,69)(H,63,73)(H,64,74);2-9,18-19H,10-12H2,1H3,(H,22,26)(H,24,25);10-11H,3-8,15-16H2,1-2H3,(H,17,21);1H4/t38-,50-,51-,52-;19-;10-,11-;/m000./s1. The molecule has 712 valence electrons. The number of amides is 6. The second-order valence-corrected chi connectivity index (χ2v) is 37.2. The zero-order valence-electron chi connectivity index (χ0n) is 74.8. The van der Waals surface area contributed by atoms with E-state index in [1.807, 2.05) is 146 Å². The van der Waals surface area contributed by atoms with Gasteiger partial charge in [-0.25, -0.2) is 19.2 Å². The van der Waals surface area contributed by atoms with Gasteiger partial charge in [0.15, 0.2) is 23.1 Å². The normalized spacial score (nSPS) is 13.5. The molecular weight excluding hydrogens is 1780 g/mol. The van der Waals surface area contributed by atoms with Gasteiger partial charge in [0.1, 0.15) is 61.9 Å². The van der Waals surface area contributed by atoms with Gasteiger partial charge in [0.25, 0.3) is 0 Å². The number of carbonyl (C=O) groups is 17. The highest BCUT2D eigenvalue weighted by Gasteiger charge is 2.36. The number of carboxylic acids is 1. The zero-order chi connectivity index (χ0) is 95.9. The van der Waals surface area contributed by atoms with Crippen molar-refractivity contribution in [2.75, 3.05) is 69.1 Å². The van der Waals surface area contributed by atoms with Crippen molar-refractivity contribution >= 4 is 144 Å². The average Bonchev–Trinajstić information content (AvgIpc) is 1.63. The summed E-state index contributed by atoms with van der Waals surface area (Å²) in [5.74, 6) is -7.64. The molecule has 6 aromatic rings. The number of benzene rings is 6.